The van der Waals surface area contributed by atoms with Crippen LogP contribution in [0.2, 0.25) is 0 Å². The number of rotatable bonds is 6. The molecule has 4 nitrogen and oxygen atoms in total. The number of unbranched alkanes of at least 4 members (excludes halogenated alkanes) is 1. The highest BCUT2D eigenvalue weighted by Crippen LogP contribution is 2.32. The average Bonchev–Trinajstić information content (AvgIpc) is 2.48. The summed E-state index contributed by atoms with van der Waals surface area (Å²) in [7, 11) is 0. The lowest BCUT2D eigenvalue weighted by Gasteiger charge is -2.20. The van der Waals surface area contributed by atoms with E-state index in [0.29, 0.717) is 19.0 Å². The number of carbonyl (C=O) groups excluding carboxylic acids is 1. The fourth-order valence-corrected chi connectivity index (χ4v) is 2.34. The molecule has 0 radical (unpaired) electrons. The Balaban J connectivity index is 1.99. The van der Waals surface area contributed by atoms with E-state index in [2.05, 4.69) is 19.2 Å². The van der Waals surface area contributed by atoms with E-state index < -0.39 is 0 Å². The number of ether oxygens (including phenoxy) is 2. The lowest BCUT2D eigenvalue weighted by atomic mass is 9.98. The number of anilines is 1. The molecule has 0 saturated heterocycles. The van der Waals surface area contributed by atoms with Crippen molar-refractivity contribution in [2.75, 3.05) is 18.5 Å². The van der Waals surface area contributed by atoms with Gasteiger partial charge in [-0.3, -0.25) is 4.79 Å². The molecule has 20 heavy (non-hydrogen) atoms. The molecule has 0 bridgehead atoms. The first-order valence-corrected chi connectivity index (χ1v) is 7.45. The van der Waals surface area contributed by atoms with E-state index in [4.69, 9.17) is 9.47 Å². The molecular weight excluding hydrogens is 254 g/mol. The minimum atomic E-state index is 0.0863. The van der Waals surface area contributed by atoms with Crippen LogP contribution in [0.1, 0.15) is 39.5 Å². The SMILES string of the molecule is CCCCC(CC)C(=O)Nc1ccc2c(c1)OCCO2. The molecule has 1 aliphatic heterocycles. The Morgan fingerprint density at radius 3 is 2.70 bits per heavy atom. The zero-order chi connectivity index (χ0) is 14.4. The average molecular weight is 277 g/mol. The monoisotopic (exact) mass is 277 g/mol. The van der Waals surface area contributed by atoms with Crippen LogP contribution >= 0.6 is 0 Å². The van der Waals surface area contributed by atoms with E-state index in [1.165, 1.54) is 0 Å². The third-order valence-corrected chi connectivity index (χ3v) is 3.58. The molecule has 4 heteroatoms. The van der Waals surface area contributed by atoms with Gasteiger partial charge in [-0.25, -0.2) is 0 Å². The zero-order valence-electron chi connectivity index (χ0n) is 12.3. The van der Waals surface area contributed by atoms with Crippen LogP contribution in [0.4, 0.5) is 5.69 Å². The van der Waals surface area contributed by atoms with E-state index in [0.717, 1.165) is 37.1 Å². The molecule has 1 amide bonds. The van der Waals surface area contributed by atoms with Gasteiger partial charge in [0.1, 0.15) is 13.2 Å². The van der Waals surface area contributed by atoms with Crippen LogP contribution in [0.3, 0.4) is 0 Å². The minimum absolute atomic E-state index is 0.0863. The van der Waals surface area contributed by atoms with Crippen LogP contribution in [0.5, 0.6) is 11.5 Å². The van der Waals surface area contributed by atoms with E-state index >= 15 is 0 Å². The quantitative estimate of drug-likeness (QED) is 0.864. The molecular formula is C16H23NO3. The summed E-state index contributed by atoms with van der Waals surface area (Å²) >= 11 is 0. The molecule has 1 atom stereocenters. The van der Waals surface area contributed by atoms with Gasteiger partial charge in [0, 0.05) is 17.7 Å². The molecule has 110 valence electrons. The maximum Gasteiger partial charge on any atom is 0.227 e. The second kappa shape index (κ2) is 7.17. The smallest absolute Gasteiger partial charge is 0.227 e. The van der Waals surface area contributed by atoms with E-state index in [1.54, 1.807) is 0 Å². The number of amides is 1. The minimum Gasteiger partial charge on any atom is -0.486 e. The molecule has 1 aromatic rings. The van der Waals surface area contributed by atoms with Gasteiger partial charge in [0.05, 0.1) is 0 Å². The van der Waals surface area contributed by atoms with Gasteiger partial charge < -0.3 is 14.8 Å². The lowest BCUT2D eigenvalue weighted by Crippen LogP contribution is -2.22. The maximum atomic E-state index is 12.2. The van der Waals surface area contributed by atoms with Crippen molar-refractivity contribution in [3.8, 4) is 11.5 Å². The normalized spacial score (nSPS) is 14.7. The number of carbonyl (C=O) groups is 1. The van der Waals surface area contributed by atoms with Crippen LogP contribution in [-0.4, -0.2) is 19.1 Å². The molecule has 1 aliphatic rings. The Morgan fingerprint density at radius 1 is 1.25 bits per heavy atom. The number of nitrogens with one attached hydrogen (secondary N) is 1. The number of hydrogen-bond donors (Lipinski definition) is 1. The summed E-state index contributed by atoms with van der Waals surface area (Å²) in [6.07, 6.45) is 4.03. The summed E-state index contributed by atoms with van der Waals surface area (Å²) in [5, 5.41) is 2.98. The molecule has 0 aromatic heterocycles. The largest absolute Gasteiger partial charge is 0.486 e. The number of fused-ring (bicyclic) bond motifs is 1. The fraction of sp³-hybridized carbons (Fsp3) is 0.562. The molecule has 1 heterocycles. The third kappa shape index (κ3) is 3.65. The first-order chi connectivity index (χ1) is 9.74. The van der Waals surface area contributed by atoms with Crippen molar-refractivity contribution in [2.24, 2.45) is 5.92 Å². The Morgan fingerprint density at radius 2 is 2.00 bits per heavy atom. The first kappa shape index (κ1) is 14.7. The van der Waals surface area contributed by atoms with Gasteiger partial charge >= 0.3 is 0 Å². The van der Waals surface area contributed by atoms with Gasteiger partial charge in [0.25, 0.3) is 0 Å². The van der Waals surface area contributed by atoms with Crippen LogP contribution in [0, 0.1) is 5.92 Å². The van der Waals surface area contributed by atoms with E-state index in [-0.39, 0.29) is 11.8 Å². The summed E-state index contributed by atoms with van der Waals surface area (Å²) < 4.78 is 11.0. The lowest BCUT2D eigenvalue weighted by molar-refractivity contribution is -0.120. The molecule has 0 aliphatic carbocycles. The summed E-state index contributed by atoms with van der Waals surface area (Å²) in [6, 6.07) is 5.54. The fourth-order valence-electron chi connectivity index (χ4n) is 2.34. The zero-order valence-corrected chi connectivity index (χ0v) is 12.3. The van der Waals surface area contributed by atoms with Gasteiger partial charge in [0.15, 0.2) is 11.5 Å². The summed E-state index contributed by atoms with van der Waals surface area (Å²) in [5.41, 5.74) is 0.772. The summed E-state index contributed by atoms with van der Waals surface area (Å²) in [5.74, 6) is 1.63. The van der Waals surface area contributed by atoms with Crippen molar-refractivity contribution in [3.05, 3.63) is 18.2 Å². The van der Waals surface area contributed by atoms with Crippen LogP contribution < -0.4 is 14.8 Å². The topological polar surface area (TPSA) is 47.6 Å². The van der Waals surface area contributed by atoms with E-state index in [1.807, 2.05) is 18.2 Å². The Labute approximate surface area is 120 Å². The van der Waals surface area contributed by atoms with Crippen molar-refractivity contribution in [1.82, 2.24) is 0 Å². The molecule has 1 aromatic carbocycles. The maximum absolute atomic E-state index is 12.2. The highest BCUT2D eigenvalue weighted by Gasteiger charge is 2.17. The van der Waals surface area contributed by atoms with Crippen LogP contribution in [0.25, 0.3) is 0 Å². The van der Waals surface area contributed by atoms with Crippen molar-refractivity contribution in [3.63, 3.8) is 0 Å². The molecule has 2 rings (SSSR count). The van der Waals surface area contributed by atoms with Crippen LogP contribution in [-0.2, 0) is 4.79 Å². The van der Waals surface area contributed by atoms with Crippen LogP contribution in [0.15, 0.2) is 18.2 Å². The van der Waals surface area contributed by atoms with Gasteiger partial charge in [-0.2, -0.15) is 0 Å². The standard InChI is InChI=1S/C16H23NO3/c1-3-5-6-12(4-2)16(18)17-13-7-8-14-15(11-13)20-10-9-19-14/h7-8,11-12H,3-6,9-10H2,1-2H3,(H,17,18). The summed E-state index contributed by atoms with van der Waals surface area (Å²) in [4.78, 5) is 12.2. The molecule has 1 N–H and O–H groups in total. The Hall–Kier alpha value is -1.71. The second-order valence-electron chi connectivity index (χ2n) is 5.10. The molecule has 0 saturated carbocycles. The predicted octanol–water partition coefficient (Wildman–Crippen LogP) is 3.61. The number of hydrogen-bond acceptors (Lipinski definition) is 3. The van der Waals surface area contributed by atoms with Crippen molar-refractivity contribution >= 4 is 11.6 Å². The molecule has 1 unspecified atom stereocenters. The highest BCUT2D eigenvalue weighted by atomic mass is 16.6. The molecule has 0 fully saturated rings. The second-order valence-corrected chi connectivity index (χ2v) is 5.10. The first-order valence-electron chi connectivity index (χ1n) is 7.45. The van der Waals surface area contributed by atoms with Gasteiger partial charge in [-0.05, 0) is 25.0 Å². The van der Waals surface area contributed by atoms with Crippen molar-refractivity contribution in [1.29, 1.82) is 0 Å². The Kier molecular flexibility index (Phi) is 5.27. The van der Waals surface area contributed by atoms with Gasteiger partial charge in [-0.15, -0.1) is 0 Å². The van der Waals surface area contributed by atoms with Crippen molar-refractivity contribution < 1.29 is 14.3 Å². The highest BCUT2D eigenvalue weighted by molar-refractivity contribution is 5.92. The summed E-state index contributed by atoms with van der Waals surface area (Å²) in [6.45, 7) is 5.33. The van der Waals surface area contributed by atoms with E-state index in [9.17, 15) is 4.79 Å². The molecule has 0 spiro atoms. The number of benzene rings is 1. The van der Waals surface area contributed by atoms with Gasteiger partial charge in [0.2, 0.25) is 5.91 Å². The Bertz CT molecular complexity index is 459. The third-order valence-electron chi connectivity index (χ3n) is 3.58. The predicted molar refractivity (Wildman–Crippen MR) is 79.4 cm³/mol. The van der Waals surface area contributed by atoms with Gasteiger partial charge in [-0.1, -0.05) is 26.7 Å². The van der Waals surface area contributed by atoms with Crippen molar-refractivity contribution in [2.45, 2.75) is 39.5 Å².